The predicted molar refractivity (Wildman–Crippen MR) is 104 cm³/mol. The maximum absolute atomic E-state index is 13.3. The Morgan fingerprint density at radius 1 is 1.19 bits per heavy atom. The van der Waals surface area contributed by atoms with Crippen molar-refractivity contribution in [3.63, 3.8) is 0 Å². The Hall–Kier alpha value is -2.63. The van der Waals surface area contributed by atoms with E-state index in [1.54, 1.807) is 12.1 Å². The van der Waals surface area contributed by atoms with E-state index in [1.807, 2.05) is 37.4 Å². The molecule has 1 aliphatic carbocycles. The molecule has 3 aromatic rings. The highest BCUT2D eigenvalue weighted by Gasteiger charge is 2.41. The van der Waals surface area contributed by atoms with Crippen LogP contribution in [-0.2, 0) is 12.5 Å². The number of benzene rings is 2. The zero-order valence-electron chi connectivity index (χ0n) is 15.7. The number of aliphatic hydroxyl groups excluding tert-OH is 2. The number of aromatic nitrogens is 1. The third-order valence-corrected chi connectivity index (χ3v) is 5.49. The summed E-state index contributed by atoms with van der Waals surface area (Å²) in [6.45, 7) is 3.88. The van der Waals surface area contributed by atoms with E-state index < -0.39 is 6.10 Å². The Labute approximate surface area is 157 Å². The Balaban J connectivity index is 1.87. The van der Waals surface area contributed by atoms with Crippen LogP contribution in [-0.4, -0.2) is 39.9 Å². The average Bonchev–Trinajstić information content (AvgIpc) is 2.98. The van der Waals surface area contributed by atoms with Crippen LogP contribution in [0.15, 0.2) is 42.5 Å². The lowest BCUT2D eigenvalue weighted by Crippen LogP contribution is -2.32. The van der Waals surface area contributed by atoms with Crippen LogP contribution >= 0.6 is 0 Å². The molecule has 140 valence electrons. The van der Waals surface area contributed by atoms with Crippen molar-refractivity contribution in [2.75, 3.05) is 13.2 Å². The first-order valence-corrected chi connectivity index (χ1v) is 9.05. The van der Waals surface area contributed by atoms with Crippen molar-refractivity contribution >= 4 is 16.7 Å². The van der Waals surface area contributed by atoms with Gasteiger partial charge in [0.05, 0.1) is 12.2 Å². The fourth-order valence-corrected chi connectivity index (χ4v) is 4.19. The number of aliphatic hydroxyl groups is 2. The molecule has 0 saturated heterocycles. The number of carbonyl (C=O) groups excluding carboxylic acids is 1. The van der Waals surface area contributed by atoms with E-state index in [0.29, 0.717) is 11.3 Å². The molecule has 5 nitrogen and oxygen atoms in total. The van der Waals surface area contributed by atoms with E-state index in [1.165, 1.54) is 0 Å². The van der Waals surface area contributed by atoms with E-state index in [9.17, 15) is 9.90 Å². The average molecular weight is 365 g/mol. The van der Waals surface area contributed by atoms with Crippen molar-refractivity contribution in [2.45, 2.75) is 25.4 Å². The van der Waals surface area contributed by atoms with Gasteiger partial charge in [0, 0.05) is 34.6 Å². The molecule has 1 unspecified atom stereocenters. The number of ether oxygens (including phenoxy) is 1. The Bertz CT molecular complexity index is 1050. The summed E-state index contributed by atoms with van der Waals surface area (Å²) >= 11 is 0. The smallest absolute Gasteiger partial charge is 0.195 e. The van der Waals surface area contributed by atoms with Crippen LogP contribution in [0.3, 0.4) is 0 Å². The first-order chi connectivity index (χ1) is 12.9. The quantitative estimate of drug-likeness (QED) is 0.746. The highest BCUT2D eigenvalue weighted by molar-refractivity contribution is 6.20. The fraction of sp³-hybridized carbons (Fsp3) is 0.318. The molecular formula is C22H23NO4. The van der Waals surface area contributed by atoms with Gasteiger partial charge in [0.15, 0.2) is 5.78 Å². The van der Waals surface area contributed by atoms with Gasteiger partial charge >= 0.3 is 0 Å². The third-order valence-electron chi connectivity index (χ3n) is 5.49. The summed E-state index contributed by atoms with van der Waals surface area (Å²) in [5.41, 5.74) is 4.00. The van der Waals surface area contributed by atoms with Gasteiger partial charge in [-0.25, -0.2) is 0 Å². The molecule has 0 aliphatic heterocycles. The number of nitrogens with zero attached hydrogens (tertiary/aromatic N) is 1. The van der Waals surface area contributed by atoms with E-state index in [2.05, 4.69) is 18.4 Å². The number of carbonyl (C=O) groups is 1. The second-order valence-electron chi connectivity index (χ2n) is 7.61. The van der Waals surface area contributed by atoms with Crippen molar-refractivity contribution < 1.29 is 19.7 Å². The minimum absolute atomic E-state index is 0.00293. The predicted octanol–water partition coefficient (Wildman–Crippen LogP) is 2.78. The highest BCUT2D eigenvalue weighted by Crippen LogP contribution is 2.45. The summed E-state index contributed by atoms with van der Waals surface area (Å²) in [4.78, 5) is 13.3. The first kappa shape index (κ1) is 17.8. The van der Waals surface area contributed by atoms with E-state index in [4.69, 9.17) is 9.84 Å². The molecular weight excluding hydrogens is 342 g/mol. The number of ketones is 1. The Kier molecular flexibility index (Phi) is 4.09. The Morgan fingerprint density at radius 2 is 1.93 bits per heavy atom. The molecule has 1 aliphatic rings. The van der Waals surface area contributed by atoms with Crippen LogP contribution in [0.1, 0.15) is 41.0 Å². The molecule has 0 saturated carbocycles. The third kappa shape index (κ3) is 2.58. The minimum atomic E-state index is -0.930. The summed E-state index contributed by atoms with van der Waals surface area (Å²) in [6.07, 6.45) is -0.930. The monoisotopic (exact) mass is 365 g/mol. The number of fused-ring (bicyclic) bond motifs is 4. The molecule has 5 heteroatoms. The summed E-state index contributed by atoms with van der Waals surface area (Å²) in [5, 5.41) is 19.4. The van der Waals surface area contributed by atoms with Crippen LogP contribution in [0, 0.1) is 0 Å². The maximum atomic E-state index is 13.3. The highest BCUT2D eigenvalue weighted by atomic mass is 16.5. The lowest BCUT2D eigenvalue weighted by molar-refractivity contribution is 0.0535. The van der Waals surface area contributed by atoms with Gasteiger partial charge in [0.1, 0.15) is 18.5 Å². The Morgan fingerprint density at radius 3 is 2.67 bits per heavy atom. The van der Waals surface area contributed by atoms with Crippen molar-refractivity contribution in [3.05, 3.63) is 64.8 Å². The molecule has 0 amide bonds. The number of para-hydroxylation sites is 1. The molecule has 1 aromatic heterocycles. The molecule has 4 rings (SSSR count). The second-order valence-corrected chi connectivity index (χ2v) is 7.61. The molecule has 0 spiro atoms. The minimum Gasteiger partial charge on any atom is -0.491 e. The number of aryl methyl sites for hydroxylation is 1. The SMILES string of the molecule is Cn1c2c(c3ccccc31)C(=O)c1ccc(OCC(O)CO)cc1C2(C)C. The van der Waals surface area contributed by atoms with Crippen molar-refractivity contribution in [3.8, 4) is 5.75 Å². The zero-order valence-corrected chi connectivity index (χ0v) is 15.7. The standard InChI is InChI=1S/C22H23NO4/c1-22(2)17-10-14(27-12-13(25)11-24)8-9-15(17)20(26)19-16-6-4-5-7-18(16)23(3)21(19)22/h4-10,13,24-25H,11-12H2,1-3H3. The number of hydrogen-bond donors (Lipinski definition) is 2. The van der Waals surface area contributed by atoms with Gasteiger partial charge in [0.25, 0.3) is 0 Å². The van der Waals surface area contributed by atoms with Crippen molar-refractivity contribution in [1.82, 2.24) is 4.57 Å². The molecule has 2 N–H and O–H groups in total. The molecule has 2 aromatic carbocycles. The summed E-state index contributed by atoms with van der Waals surface area (Å²) in [5.74, 6) is 0.599. The number of hydrogen-bond acceptors (Lipinski definition) is 4. The van der Waals surface area contributed by atoms with Gasteiger partial charge in [-0.05, 0) is 29.8 Å². The van der Waals surface area contributed by atoms with Crippen molar-refractivity contribution in [1.29, 1.82) is 0 Å². The molecule has 0 fully saturated rings. The van der Waals surface area contributed by atoms with E-state index >= 15 is 0 Å². The molecule has 27 heavy (non-hydrogen) atoms. The maximum Gasteiger partial charge on any atom is 0.195 e. The first-order valence-electron chi connectivity index (χ1n) is 9.05. The normalized spacial score (nSPS) is 16.1. The summed E-state index contributed by atoms with van der Waals surface area (Å²) in [6, 6.07) is 13.4. The van der Waals surface area contributed by atoms with Gasteiger partial charge < -0.3 is 19.5 Å². The lowest BCUT2D eigenvalue weighted by atomic mass is 9.71. The van der Waals surface area contributed by atoms with E-state index in [0.717, 1.165) is 27.7 Å². The van der Waals surface area contributed by atoms with Crippen LogP contribution in [0.4, 0.5) is 0 Å². The molecule has 1 heterocycles. The molecule has 1 atom stereocenters. The van der Waals surface area contributed by atoms with Crippen LogP contribution in [0.5, 0.6) is 5.75 Å². The van der Waals surface area contributed by atoms with Crippen LogP contribution in [0.25, 0.3) is 10.9 Å². The largest absolute Gasteiger partial charge is 0.491 e. The van der Waals surface area contributed by atoms with Gasteiger partial charge in [0.2, 0.25) is 0 Å². The van der Waals surface area contributed by atoms with Crippen LogP contribution in [0.2, 0.25) is 0 Å². The summed E-state index contributed by atoms with van der Waals surface area (Å²) in [7, 11) is 2.00. The van der Waals surface area contributed by atoms with Crippen molar-refractivity contribution in [2.24, 2.45) is 7.05 Å². The van der Waals surface area contributed by atoms with Crippen LogP contribution < -0.4 is 4.74 Å². The lowest BCUT2D eigenvalue weighted by Gasteiger charge is -2.34. The molecule has 0 bridgehead atoms. The van der Waals surface area contributed by atoms with E-state index in [-0.39, 0.29) is 24.4 Å². The van der Waals surface area contributed by atoms with Gasteiger partial charge in [-0.15, -0.1) is 0 Å². The molecule has 0 radical (unpaired) electrons. The number of rotatable bonds is 4. The topological polar surface area (TPSA) is 71.7 Å². The van der Waals surface area contributed by atoms with Gasteiger partial charge in [-0.3, -0.25) is 4.79 Å². The van der Waals surface area contributed by atoms with Gasteiger partial charge in [-0.1, -0.05) is 32.0 Å². The second kappa shape index (κ2) is 6.22. The summed E-state index contributed by atoms with van der Waals surface area (Å²) < 4.78 is 7.71. The fourth-order valence-electron chi connectivity index (χ4n) is 4.19. The van der Waals surface area contributed by atoms with Gasteiger partial charge in [-0.2, -0.15) is 0 Å². The zero-order chi connectivity index (χ0) is 19.3.